The Morgan fingerprint density at radius 2 is 1.87 bits per heavy atom. The summed E-state index contributed by atoms with van der Waals surface area (Å²) in [5, 5.41) is 3.02. The van der Waals surface area contributed by atoms with E-state index >= 15 is 0 Å². The zero-order chi connectivity index (χ0) is 11.8. The van der Waals surface area contributed by atoms with Crippen molar-refractivity contribution < 1.29 is 4.79 Å². The molecule has 3 atom stereocenters. The predicted molar refractivity (Wildman–Crippen MR) is 64.6 cm³/mol. The average molecular weight is 214 g/mol. The molecule has 0 aliphatic heterocycles. The van der Waals surface area contributed by atoms with E-state index in [9.17, 15) is 4.79 Å². The fourth-order valence-electron chi connectivity index (χ4n) is 1.54. The van der Waals surface area contributed by atoms with Crippen LogP contribution in [-0.4, -0.2) is 18.0 Å². The van der Waals surface area contributed by atoms with Crippen molar-refractivity contribution in [1.82, 2.24) is 5.32 Å². The molecule has 90 valence electrons. The van der Waals surface area contributed by atoms with Gasteiger partial charge in [0.25, 0.3) is 0 Å². The molecule has 1 amide bonds. The molecule has 0 aromatic rings. The SMILES string of the molecule is CCCC(CC)NC(=O)[C@@H](N)C(C)CC. The highest BCUT2D eigenvalue weighted by Crippen LogP contribution is 2.07. The van der Waals surface area contributed by atoms with E-state index in [-0.39, 0.29) is 23.9 Å². The average Bonchev–Trinajstić information content (AvgIpc) is 2.26. The summed E-state index contributed by atoms with van der Waals surface area (Å²) in [6.45, 7) is 8.30. The fraction of sp³-hybridized carbons (Fsp3) is 0.917. The van der Waals surface area contributed by atoms with Gasteiger partial charge in [0.05, 0.1) is 6.04 Å². The summed E-state index contributed by atoms with van der Waals surface area (Å²) < 4.78 is 0. The molecule has 0 aliphatic carbocycles. The van der Waals surface area contributed by atoms with E-state index in [0.29, 0.717) is 0 Å². The van der Waals surface area contributed by atoms with Gasteiger partial charge in [-0.2, -0.15) is 0 Å². The molecule has 3 N–H and O–H groups in total. The first-order valence-corrected chi connectivity index (χ1v) is 6.12. The van der Waals surface area contributed by atoms with Gasteiger partial charge in [-0.25, -0.2) is 0 Å². The summed E-state index contributed by atoms with van der Waals surface area (Å²) in [4.78, 5) is 11.8. The molecule has 0 saturated carbocycles. The molecular formula is C12H26N2O. The lowest BCUT2D eigenvalue weighted by Gasteiger charge is -2.22. The van der Waals surface area contributed by atoms with Crippen LogP contribution in [-0.2, 0) is 4.79 Å². The van der Waals surface area contributed by atoms with E-state index in [1.54, 1.807) is 0 Å². The normalized spacial score (nSPS) is 16.9. The number of nitrogens with one attached hydrogen (secondary N) is 1. The van der Waals surface area contributed by atoms with Gasteiger partial charge < -0.3 is 11.1 Å². The van der Waals surface area contributed by atoms with Crippen molar-refractivity contribution in [3.63, 3.8) is 0 Å². The van der Waals surface area contributed by atoms with Crippen LogP contribution in [0.1, 0.15) is 53.4 Å². The first-order chi connectivity index (χ1) is 7.06. The maximum atomic E-state index is 11.8. The summed E-state index contributed by atoms with van der Waals surface area (Å²) in [6.07, 6.45) is 4.05. The largest absolute Gasteiger partial charge is 0.352 e. The zero-order valence-electron chi connectivity index (χ0n) is 10.5. The Morgan fingerprint density at radius 1 is 1.27 bits per heavy atom. The van der Waals surface area contributed by atoms with Crippen molar-refractivity contribution in [1.29, 1.82) is 0 Å². The van der Waals surface area contributed by atoms with Crippen LogP contribution >= 0.6 is 0 Å². The number of hydrogen-bond acceptors (Lipinski definition) is 2. The molecule has 0 aromatic heterocycles. The second kappa shape index (κ2) is 7.69. The van der Waals surface area contributed by atoms with Crippen molar-refractivity contribution in [3.8, 4) is 0 Å². The molecule has 0 rings (SSSR count). The summed E-state index contributed by atoms with van der Waals surface area (Å²) in [7, 11) is 0. The summed E-state index contributed by atoms with van der Waals surface area (Å²) in [6, 6.07) is -0.0708. The molecule has 3 nitrogen and oxygen atoms in total. The number of carbonyl (C=O) groups is 1. The molecular weight excluding hydrogens is 188 g/mol. The lowest BCUT2D eigenvalue weighted by molar-refractivity contribution is -0.124. The summed E-state index contributed by atoms with van der Waals surface area (Å²) in [5.74, 6) is 0.258. The third kappa shape index (κ3) is 5.17. The molecule has 15 heavy (non-hydrogen) atoms. The molecule has 0 saturated heterocycles. The van der Waals surface area contributed by atoms with Crippen LogP contribution in [0, 0.1) is 5.92 Å². The van der Waals surface area contributed by atoms with Crippen LogP contribution in [0.4, 0.5) is 0 Å². The zero-order valence-corrected chi connectivity index (χ0v) is 10.5. The second-order valence-corrected chi connectivity index (χ2v) is 4.31. The van der Waals surface area contributed by atoms with Crippen LogP contribution < -0.4 is 11.1 Å². The van der Waals surface area contributed by atoms with Gasteiger partial charge >= 0.3 is 0 Å². The van der Waals surface area contributed by atoms with Crippen molar-refractivity contribution in [2.45, 2.75) is 65.5 Å². The van der Waals surface area contributed by atoms with Crippen molar-refractivity contribution in [3.05, 3.63) is 0 Å². The lowest BCUT2D eigenvalue weighted by Crippen LogP contribution is -2.48. The maximum Gasteiger partial charge on any atom is 0.237 e. The second-order valence-electron chi connectivity index (χ2n) is 4.31. The van der Waals surface area contributed by atoms with Crippen LogP contribution in [0.3, 0.4) is 0 Å². The van der Waals surface area contributed by atoms with Gasteiger partial charge in [-0.05, 0) is 18.8 Å². The topological polar surface area (TPSA) is 55.1 Å². The van der Waals surface area contributed by atoms with E-state index < -0.39 is 0 Å². The highest BCUT2D eigenvalue weighted by atomic mass is 16.2. The minimum atomic E-state index is -0.360. The van der Waals surface area contributed by atoms with Crippen molar-refractivity contribution in [2.24, 2.45) is 11.7 Å². The highest BCUT2D eigenvalue weighted by molar-refractivity contribution is 5.82. The monoisotopic (exact) mass is 214 g/mol. The molecule has 0 aliphatic rings. The van der Waals surface area contributed by atoms with Crippen molar-refractivity contribution >= 4 is 5.91 Å². The van der Waals surface area contributed by atoms with Crippen LogP contribution in [0.15, 0.2) is 0 Å². The third-order valence-corrected chi connectivity index (χ3v) is 3.04. The first kappa shape index (κ1) is 14.4. The molecule has 3 heteroatoms. The van der Waals surface area contributed by atoms with Gasteiger partial charge in [-0.3, -0.25) is 4.79 Å². The number of hydrogen-bond donors (Lipinski definition) is 2. The van der Waals surface area contributed by atoms with E-state index in [1.807, 2.05) is 6.92 Å². The van der Waals surface area contributed by atoms with Crippen LogP contribution in [0.5, 0.6) is 0 Å². The molecule has 0 aromatic carbocycles. The van der Waals surface area contributed by atoms with Crippen LogP contribution in [0.2, 0.25) is 0 Å². The first-order valence-electron chi connectivity index (χ1n) is 6.12. The van der Waals surface area contributed by atoms with Crippen molar-refractivity contribution in [2.75, 3.05) is 0 Å². The van der Waals surface area contributed by atoms with E-state index in [2.05, 4.69) is 26.1 Å². The smallest absolute Gasteiger partial charge is 0.237 e. The lowest BCUT2D eigenvalue weighted by atomic mass is 9.98. The minimum Gasteiger partial charge on any atom is -0.352 e. The van der Waals surface area contributed by atoms with Gasteiger partial charge in [0.2, 0.25) is 5.91 Å². The number of nitrogens with two attached hydrogens (primary N) is 1. The van der Waals surface area contributed by atoms with Gasteiger partial charge in [0, 0.05) is 6.04 Å². The van der Waals surface area contributed by atoms with E-state index in [1.165, 1.54) is 0 Å². The van der Waals surface area contributed by atoms with Crippen LogP contribution in [0.25, 0.3) is 0 Å². The Balaban J connectivity index is 4.09. The van der Waals surface area contributed by atoms with E-state index in [0.717, 1.165) is 25.7 Å². The fourth-order valence-corrected chi connectivity index (χ4v) is 1.54. The quantitative estimate of drug-likeness (QED) is 0.681. The molecule has 0 radical (unpaired) electrons. The highest BCUT2D eigenvalue weighted by Gasteiger charge is 2.20. The Hall–Kier alpha value is -0.570. The Kier molecular flexibility index (Phi) is 7.39. The van der Waals surface area contributed by atoms with Gasteiger partial charge in [-0.15, -0.1) is 0 Å². The number of carbonyl (C=O) groups excluding carboxylic acids is 1. The number of amides is 1. The van der Waals surface area contributed by atoms with E-state index in [4.69, 9.17) is 5.73 Å². The maximum absolute atomic E-state index is 11.8. The Labute approximate surface area is 93.8 Å². The van der Waals surface area contributed by atoms with Gasteiger partial charge in [0.1, 0.15) is 0 Å². The summed E-state index contributed by atoms with van der Waals surface area (Å²) >= 11 is 0. The third-order valence-electron chi connectivity index (χ3n) is 3.04. The standard InChI is InChI=1S/C12H26N2O/c1-5-8-10(7-3)14-12(15)11(13)9(4)6-2/h9-11H,5-8,13H2,1-4H3,(H,14,15)/t9?,10?,11-/m0/s1. The van der Waals surface area contributed by atoms with Gasteiger partial charge in [-0.1, -0.05) is 40.5 Å². The predicted octanol–water partition coefficient (Wildman–Crippen LogP) is 2.05. The number of rotatable bonds is 7. The molecule has 0 fully saturated rings. The Morgan fingerprint density at radius 3 is 2.27 bits per heavy atom. The minimum absolute atomic E-state index is 0.00431. The Bertz CT molecular complexity index is 182. The van der Waals surface area contributed by atoms with Gasteiger partial charge in [0.15, 0.2) is 0 Å². The molecule has 0 heterocycles. The molecule has 0 spiro atoms. The molecule has 2 unspecified atom stereocenters. The summed E-state index contributed by atoms with van der Waals surface area (Å²) in [5.41, 5.74) is 5.86. The molecule has 0 bridgehead atoms.